The highest BCUT2D eigenvalue weighted by Gasteiger charge is 2.10. The van der Waals surface area contributed by atoms with Crippen molar-refractivity contribution in [2.45, 2.75) is 25.8 Å². The summed E-state index contributed by atoms with van der Waals surface area (Å²) in [5.74, 6) is -0.157. The van der Waals surface area contributed by atoms with Crippen LogP contribution in [0, 0.1) is 11.9 Å². The van der Waals surface area contributed by atoms with E-state index in [0.717, 1.165) is 25.2 Å². The number of nitrogens with zero attached hydrogens (tertiary/aromatic N) is 1. The zero-order chi connectivity index (χ0) is 9.80. The Balaban J connectivity index is 1.95. The molecule has 1 aliphatic heterocycles. The van der Waals surface area contributed by atoms with E-state index in [2.05, 4.69) is 11.0 Å². The van der Waals surface area contributed by atoms with Gasteiger partial charge in [-0.2, -0.15) is 0 Å². The minimum absolute atomic E-state index is 0.157. The molecule has 1 aromatic rings. The number of piperidine rings is 1. The second-order valence-electron chi connectivity index (χ2n) is 3.87. The topological polar surface area (TPSA) is 3.24 Å². The summed E-state index contributed by atoms with van der Waals surface area (Å²) in [5.41, 5.74) is 0.965. The fourth-order valence-corrected chi connectivity index (χ4v) is 1.93. The van der Waals surface area contributed by atoms with Crippen LogP contribution in [0.4, 0.5) is 4.39 Å². The van der Waals surface area contributed by atoms with Gasteiger partial charge in [0.25, 0.3) is 0 Å². The van der Waals surface area contributed by atoms with Crippen molar-refractivity contribution in [3.63, 3.8) is 0 Å². The van der Waals surface area contributed by atoms with Gasteiger partial charge < -0.3 is 0 Å². The van der Waals surface area contributed by atoms with E-state index in [9.17, 15) is 4.39 Å². The van der Waals surface area contributed by atoms with E-state index in [1.165, 1.54) is 25.3 Å². The fraction of sp³-hybridized carbons (Fsp3) is 0.500. The monoisotopic (exact) mass is 192 g/mol. The Morgan fingerprint density at radius 2 is 2.07 bits per heavy atom. The van der Waals surface area contributed by atoms with Gasteiger partial charge in [0.1, 0.15) is 5.82 Å². The minimum Gasteiger partial charge on any atom is -0.299 e. The van der Waals surface area contributed by atoms with E-state index in [4.69, 9.17) is 0 Å². The fourth-order valence-electron chi connectivity index (χ4n) is 1.93. The van der Waals surface area contributed by atoms with E-state index >= 15 is 0 Å². The van der Waals surface area contributed by atoms with E-state index in [0.29, 0.717) is 0 Å². The molecule has 0 aliphatic carbocycles. The SMILES string of the molecule is Fc1cc[c]c(CN2CCCCC2)c1. The predicted molar refractivity (Wildman–Crippen MR) is 54.4 cm³/mol. The summed E-state index contributed by atoms with van der Waals surface area (Å²) in [5, 5.41) is 0. The summed E-state index contributed by atoms with van der Waals surface area (Å²) in [6, 6.07) is 7.76. The highest BCUT2D eigenvalue weighted by molar-refractivity contribution is 5.14. The molecule has 0 bridgehead atoms. The number of halogens is 1. The molecule has 75 valence electrons. The van der Waals surface area contributed by atoms with Gasteiger partial charge in [0, 0.05) is 6.54 Å². The molecule has 0 aromatic heterocycles. The van der Waals surface area contributed by atoms with Crippen LogP contribution in [0.5, 0.6) is 0 Å². The van der Waals surface area contributed by atoms with Crippen LogP contribution in [0.1, 0.15) is 24.8 Å². The number of rotatable bonds is 2. The molecule has 1 saturated heterocycles. The molecule has 0 spiro atoms. The van der Waals surface area contributed by atoms with Crippen molar-refractivity contribution >= 4 is 0 Å². The Hall–Kier alpha value is -0.890. The van der Waals surface area contributed by atoms with Crippen molar-refractivity contribution in [1.82, 2.24) is 4.90 Å². The van der Waals surface area contributed by atoms with Crippen molar-refractivity contribution in [2.75, 3.05) is 13.1 Å². The molecule has 0 unspecified atom stereocenters. The highest BCUT2D eigenvalue weighted by atomic mass is 19.1. The molecule has 14 heavy (non-hydrogen) atoms. The summed E-state index contributed by atoms with van der Waals surface area (Å²) in [6.07, 6.45) is 3.88. The van der Waals surface area contributed by atoms with Gasteiger partial charge in [-0.3, -0.25) is 4.90 Å². The first-order valence-electron chi connectivity index (χ1n) is 5.23. The molecule has 0 amide bonds. The van der Waals surface area contributed by atoms with Gasteiger partial charge in [-0.05, 0) is 49.7 Å². The first-order chi connectivity index (χ1) is 6.84. The average Bonchev–Trinajstić information content (AvgIpc) is 2.19. The zero-order valence-electron chi connectivity index (χ0n) is 8.30. The predicted octanol–water partition coefficient (Wildman–Crippen LogP) is 2.61. The second-order valence-corrected chi connectivity index (χ2v) is 3.87. The van der Waals surface area contributed by atoms with Gasteiger partial charge in [-0.25, -0.2) is 4.39 Å². The molecule has 2 heteroatoms. The number of benzene rings is 1. The van der Waals surface area contributed by atoms with Crippen LogP contribution < -0.4 is 0 Å². The van der Waals surface area contributed by atoms with Gasteiger partial charge in [0.15, 0.2) is 0 Å². The summed E-state index contributed by atoms with van der Waals surface area (Å²) >= 11 is 0. The van der Waals surface area contributed by atoms with Crippen LogP contribution in [-0.2, 0) is 6.54 Å². The van der Waals surface area contributed by atoms with Crippen LogP contribution in [0.3, 0.4) is 0 Å². The molecule has 1 aliphatic rings. The normalized spacial score (nSPS) is 18.4. The van der Waals surface area contributed by atoms with Crippen LogP contribution in [-0.4, -0.2) is 18.0 Å². The smallest absolute Gasteiger partial charge is 0.123 e. The first kappa shape index (κ1) is 9.66. The van der Waals surface area contributed by atoms with E-state index in [-0.39, 0.29) is 5.82 Å². The van der Waals surface area contributed by atoms with Gasteiger partial charge in [0.05, 0.1) is 0 Å². The Morgan fingerprint density at radius 1 is 1.29 bits per heavy atom. The third kappa shape index (κ3) is 2.55. The van der Waals surface area contributed by atoms with Gasteiger partial charge in [-0.15, -0.1) is 0 Å². The molecule has 0 atom stereocenters. The summed E-state index contributed by atoms with van der Waals surface area (Å²) in [6.45, 7) is 3.13. The summed E-state index contributed by atoms with van der Waals surface area (Å²) < 4.78 is 12.9. The minimum atomic E-state index is -0.157. The quantitative estimate of drug-likeness (QED) is 0.696. The van der Waals surface area contributed by atoms with Crippen molar-refractivity contribution < 1.29 is 4.39 Å². The molecular weight excluding hydrogens is 177 g/mol. The first-order valence-corrected chi connectivity index (χ1v) is 5.23. The van der Waals surface area contributed by atoms with Crippen molar-refractivity contribution in [1.29, 1.82) is 0 Å². The van der Waals surface area contributed by atoms with Crippen molar-refractivity contribution in [3.8, 4) is 0 Å². The number of hydrogen-bond donors (Lipinski definition) is 0. The zero-order valence-corrected chi connectivity index (χ0v) is 8.30. The maximum atomic E-state index is 12.9. The van der Waals surface area contributed by atoms with E-state index in [1.54, 1.807) is 12.1 Å². The second kappa shape index (κ2) is 4.56. The largest absolute Gasteiger partial charge is 0.299 e. The van der Waals surface area contributed by atoms with Crippen LogP contribution in [0.2, 0.25) is 0 Å². The molecule has 1 nitrogen and oxygen atoms in total. The molecule has 1 fully saturated rings. The molecular formula is C12H15FN. The Bertz CT molecular complexity index is 292. The molecule has 1 radical (unpaired) electrons. The lowest BCUT2D eigenvalue weighted by Gasteiger charge is -2.26. The van der Waals surface area contributed by atoms with Crippen LogP contribution in [0.15, 0.2) is 18.2 Å². The third-order valence-electron chi connectivity index (χ3n) is 2.67. The standard InChI is InChI=1S/C12H15FN/c13-12-6-4-5-11(9-12)10-14-7-2-1-3-8-14/h4,6,9H,1-3,7-8,10H2. The maximum absolute atomic E-state index is 12.9. The summed E-state index contributed by atoms with van der Waals surface area (Å²) in [4.78, 5) is 2.37. The Morgan fingerprint density at radius 3 is 2.79 bits per heavy atom. The van der Waals surface area contributed by atoms with Gasteiger partial charge in [-0.1, -0.05) is 12.5 Å². The van der Waals surface area contributed by atoms with Crippen LogP contribution >= 0.6 is 0 Å². The van der Waals surface area contributed by atoms with E-state index in [1.807, 2.05) is 0 Å². The molecule has 0 saturated carbocycles. The lowest BCUT2D eigenvalue weighted by molar-refractivity contribution is 0.220. The number of hydrogen-bond acceptors (Lipinski definition) is 1. The van der Waals surface area contributed by atoms with Crippen molar-refractivity contribution in [2.24, 2.45) is 0 Å². The number of likely N-dealkylation sites (tertiary alicyclic amines) is 1. The summed E-state index contributed by atoms with van der Waals surface area (Å²) in [7, 11) is 0. The average molecular weight is 192 g/mol. The van der Waals surface area contributed by atoms with Gasteiger partial charge in [0.2, 0.25) is 0 Å². The lowest BCUT2D eigenvalue weighted by Crippen LogP contribution is -2.29. The highest BCUT2D eigenvalue weighted by Crippen LogP contribution is 2.13. The maximum Gasteiger partial charge on any atom is 0.123 e. The third-order valence-corrected chi connectivity index (χ3v) is 2.67. The lowest BCUT2D eigenvalue weighted by atomic mass is 10.1. The molecule has 2 rings (SSSR count). The van der Waals surface area contributed by atoms with Gasteiger partial charge >= 0.3 is 0 Å². The van der Waals surface area contributed by atoms with E-state index < -0.39 is 0 Å². The van der Waals surface area contributed by atoms with Crippen molar-refractivity contribution in [3.05, 3.63) is 35.6 Å². The molecule has 1 heterocycles. The molecule has 1 aromatic carbocycles. The Labute approximate surface area is 84.5 Å². The molecule has 0 N–H and O–H groups in total. The van der Waals surface area contributed by atoms with Crippen LogP contribution in [0.25, 0.3) is 0 Å². The Kier molecular flexibility index (Phi) is 3.14.